The van der Waals surface area contributed by atoms with Gasteiger partial charge in [-0.3, -0.25) is 4.99 Å². The fourth-order valence-electron chi connectivity index (χ4n) is 0. The second kappa shape index (κ2) is 24.9. The van der Waals surface area contributed by atoms with Crippen LogP contribution in [0.25, 0.3) is 0 Å². The van der Waals surface area contributed by atoms with E-state index in [2.05, 4.69) is 4.99 Å². The Kier molecular flexibility index (Phi) is 37.7. The van der Waals surface area contributed by atoms with Crippen LogP contribution >= 0.6 is 0 Å². The predicted molar refractivity (Wildman–Crippen MR) is 30.0 cm³/mol. The van der Waals surface area contributed by atoms with Crippen LogP contribution in [0.5, 0.6) is 0 Å². The van der Waals surface area contributed by atoms with Crippen molar-refractivity contribution < 1.29 is 0 Å². The topological polar surface area (TPSA) is 38.4 Å². The van der Waals surface area contributed by atoms with Gasteiger partial charge in [-0.25, -0.2) is 0 Å². The van der Waals surface area contributed by atoms with Crippen molar-refractivity contribution in [3.05, 3.63) is 0 Å². The molecule has 0 bridgehead atoms. The summed E-state index contributed by atoms with van der Waals surface area (Å²) >= 11 is 0. The lowest BCUT2D eigenvalue weighted by atomic mass is 11.0. The summed E-state index contributed by atoms with van der Waals surface area (Å²) in [7, 11) is 1.62. The lowest BCUT2D eigenvalue weighted by Crippen LogP contribution is -1.84. The maximum absolute atomic E-state index is 4.74. The summed E-state index contributed by atoms with van der Waals surface area (Å²) in [6.45, 7) is 4.00. The summed E-state index contributed by atoms with van der Waals surface area (Å²) in [5.41, 5.74) is 4.74. The van der Waals surface area contributed by atoms with Crippen molar-refractivity contribution in [2.24, 2.45) is 10.7 Å². The van der Waals surface area contributed by atoms with E-state index < -0.39 is 0 Å². The molecule has 0 aromatic heterocycles. The van der Waals surface area contributed by atoms with Gasteiger partial charge in [-0.2, -0.15) is 0 Å². The fraction of sp³-hybridized carbons (Fsp3) is 0.750. The maximum atomic E-state index is 4.74. The SMILES string of the molecule is CC.CN=CN. The Labute approximate surface area is 39.1 Å². The summed E-state index contributed by atoms with van der Waals surface area (Å²) in [5.74, 6) is 0. The summed E-state index contributed by atoms with van der Waals surface area (Å²) in [6.07, 6.45) is 1.25. The minimum Gasteiger partial charge on any atom is -0.390 e. The van der Waals surface area contributed by atoms with E-state index in [0.29, 0.717) is 0 Å². The molecule has 0 amide bonds. The number of hydrogen-bond donors (Lipinski definition) is 1. The second-order valence-electron chi connectivity index (χ2n) is 0.407. The van der Waals surface area contributed by atoms with Gasteiger partial charge < -0.3 is 5.73 Å². The molecule has 0 fully saturated rings. The summed E-state index contributed by atoms with van der Waals surface area (Å²) in [6, 6.07) is 0. The van der Waals surface area contributed by atoms with Gasteiger partial charge >= 0.3 is 0 Å². The molecule has 0 rings (SSSR count). The predicted octanol–water partition coefficient (Wildman–Crippen LogP) is 0.629. The first-order valence-electron chi connectivity index (χ1n) is 2.04. The molecule has 2 N–H and O–H groups in total. The highest BCUT2D eigenvalue weighted by molar-refractivity contribution is 5.50. The molecular weight excluding hydrogens is 76.1 g/mol. The molecule has 38 valence electrons. The van der Waals surface area contributed by atoms with E-state index in [0.717, 1.165) is 0 Å². The van der Waals surface area contributed by atoms with E-state index in [9.17, 15) is 0 Å². The molecule has 0 aliphatic heterocycles. The third-order valence-corrected chi connectivity index (χ3v) is 0.149. The van der Waals surface area contributed by atoms with Gasteiger partial charge in [0.2, 0.25) is 0 Å². The zero-order chi connectivity index (χ0) is 5.41. The van der Waals surface area contributed by atoms with Crippen LogP contribution < -0.4 is 5.73 Å². The largest absolute Gasteiger partial charge is 0.390 e. The van der Waals surface area contributed by atoms with Crippen LogP contribution in [-0.2, 0) is 0 Å². The average Bonchev–Trinajstić information content (AvgIpc) is 1.72. The Balaban J connectivity index is 0. The van der Waals surface area contributed by atoms with Gasteiger partial charge in [0.15, 0.2) is 0 Å². The molecule has 0 saturated heterocycles. The number of nitrogens with two attached hydrogens (primary N) is 1. The van der Waals surface area contributed by atoms with Crippen LogP contribution in [0.3, 0.4) is 0 Å². The Morgan fingerprint density at radius 3 is 1.67 bits per heavy atom. The zero-order valence-electron chi connectivity index (χ0n) is 4.60. The zero-order valence-corrected chi connectivity index (χ0v) is 4.60. The smallest absolute Gasteiger partial charge is 0.0794 e. The molecule has 0 aliphatic rings. The number of rotatable bonds is 0. The van der Waals surface area contributed by atoms with Crippen molar-refractivity contribution in [1.29, 1.82) is 0 Å². The highest BCUT2D eigenvalue weighted by Gasteiger charge is 1.30. The van der Waals surface area contributed by atoms with Crippen molar-refractivity contribution >= 4 is 6.34 Å². The molecule has 0 aliphatic carbocycles. The number of hydrogen-bond acceptors (Lipinski definition) is 1. The molecule has 2 nitrogen and oxygen atoms in total. The van der Waals surface area contributed by atoms with Gasteiger partial charge in [0, 0.05) is 7.05 Å². The van der Waals surface area contributed by atoms with Gasteiger partial charge in [0.05, 0.1) is 6.34 Å². The van der Waals surface area contributed by atoms with E-state index in [-0.39, 0.29) is 0 Å². The molecule has 2 heteroatoms. The molecule has 0 radical (unpaired) electrons. The van der Waals surface area contributed by atoms with Crippen LogP contribution in [0.15, 0.2) is 4.99 Å². The Morgan fingerprint density at radius 1 is 1.50 bits per heavy atom. The van der Waals surface area contributed by atoms with Crippen molar-refractivity contribution in [3.8, 4) is 0 Å². The van der Waals surface area contributed by atoms with Crippen molar-refractivity contribution in [1.82, 2.24) is 0 Å². The average molecular weight is 88.2 g/mol. The normalized spacial score (nSPS) is 7.17. The minimum absolute atomic E-state index is 1.25. The molecule has 0 atom stereocenters. The van der Waals surface area contributed by atoms with Gasteiger partial charge in [0.25, 0.3) is 0 Å². The summed E-state index contributed by atoms with van der Waals surface area (Å²) in [4.78, 5) is 3.39. The first kappa shape index (κ1) is 9.08. The minimum atomic E-state index is 1.25. The Morgan fingerprint density at radius 2 is 1.67 bits per heavy atom. The summed E-state index contributed by atoms with van der Waals surface area (Å²) in [5, 5.41) is 0. The van der Waals surface area contributed by atoms with Crippen LogP contribution in [0.1, 0.15) is 13.8 Å². The molecule has 0 unspecified atom stereocenters. The van der Waals surface area contributed by atoms with Crippen molar-refractivity contribution in [2.45, 2.75) is 13.8 Å². The van der Waals surface area contributed by atoms with E-state index >= 15 is 0 Å². The number of nitrogens with zero attached hydrogens (tertiary/aromatic N) is 1. The third-order valence-electron chi connectivity index (χ3n) is 0.149. The molecule has 0 aromatic carbocycles. The molecule has 0 spiro atoms. The van der Waals surface area contributed by atoms with Gasteiger partial charge in [0.1, 0.15) is 0 Å². The third kappa shape index (κ3) is 95.8. The monoisotopic (exact) mass is 88.1 g/mol. The van der Waals surface area contributed by atoms with Crippen LogP contribution in [0.2, 0.25) is 0 Å². The second-order valence-corrected chi connectivity index (χ2v) is 0.407. The molecule has 0 heterocycles. The maximum Gasteiger partial charge on any atom is 0.0794 e. The van der Waals surface area contributed by atoms with Gasteiger partial charge in [-0.05, 0) is 0 Å². The Hall–Kier alpha value is -0.530. The van der Waals surface area contributed by atoms with E-state index in [1.54, 1.807) is 7.05 Å². The van der Waals surface area contributed by atoms with Gasteiger partial charge in [-0.15, -0.1) is 0 Å². The highest BCUT2D eigenvalue weighted by Crippen LogP contribution is 1.29. The van der Waals surface area contributed by atoms with Crippen LogP contribution in [0, 0.1) is 0 Å². The van der Waals surface area contributed by atoms with E-state index in [4.69, 9.17) is 5.73 Å². The highest BCUT2D eigenvalue weighted by atomic mass is 14.7. The number of aliphatic imine (C=N–C) groups is 1. The van der Waals surface area contributed by atoms with Gasteiger partial charge in [-0.1, -0.05) is 13.8 Å². The lowest BCUT2D eigenvalue weighted by Gasteiger charge is -1.55. The first-order chi connectivity index (χ1) is 2.91. The van der Waals surface area contributed by atoms with E-state index in [1.165, 1.54) is 6.34 Å². The standard InChI is InChI=1S/C2H6N2.C2H6/c1-4-2-3;1-2/h2H,1H3,(H2,3,4);1-2H3. The molecule has 0 saturated carbocycles. The van der Waals surface area contributed by atoms with Crippen LogP contribution in [0.4, 0.5) is 0 Å². The van der Waals surface area contributed by atoms with Crippen molar-refractivity contribution in [3.63, 3.8) is 0 Å². The van der Waals surface area contributed by atoms with Crippen LogP contribution in [-0.4, -0.2) is 13.4 Å². The lowest BCUT2D eigenvalue weighted by molar-refractivity contribution is 1.45. The summed E-state index contributed by atoms with van der Waals surface area (Å²) < 4.78 is 0. The first-order valence-corrected chi connectivity index (χ1v) is 2.04. The van der Waals surface area contributed by atoms with Crippen molar-refractivity contribution in [2.75, 3.05) is 7.05 Å². The molecule has 0 aromatic rings. The fourth-order valence-corrected chi connectivity index (χ4v) is 0. The van der Waals surface area contributed by atoms with E-state index in [1.807, 2.05) is 13.8 Å². The quantitative estimate of drug-likeness (QED) is 0.342. The molecule has 6 heavy (non-hydrogen) atoms. The Bertz CT molecular complexity index is 20.7. The molecular formula is C4H12N2.